The molecule has 0 spiro atoms. The van der Waals surface area contributed by atoms with Crippen LogP contribution in [0.15, 0.2) is 12.2 Å². The van der Waals surface area contributed by atoms with E-state index in [1.165, 1.54) is 0 Å². The Hall–Kier alpha value is -0.830. The highest BCUT2D eigenvalue weighted by atomic mass is 16.1. The molecule has 2 N–H and O–H groups in total. The van der Waals surface area contributed by atoms with Gasteiger partial charge in [0.05, 0.1) is 6.04 Å². The normalized spacial score (nSPS) is 23.8. The number of carbonyl (C=O) groups is 1. The van der Waals surface area contributed by atoms with E-state index in [2.05, 4.69) is 30.9 Å². The van der Waals surface area contributed by atoms with Crippen molar-refractivity contribution in [3.05, 3.63) is 12.2 Å². The van der Waals surface area contributed by atoms with Crippen molar-refractivity contribution < 1.29 is 4.79 Å². The van der Waals surface area contributed by atoms with E-state index in [4.69, 9.17) is 5.73 Å². The molecule has 0 bridgehead atoms. The van der Waals surface area contributed by atoms with Gasteiger partial charge in [-0.1, -0.05) is 26.0 Å². The van der Waals surface area contributed by atoms with Gasteiger partial charge in [-0.25, -0.2) is 0 Å². The van der Waals surface area contributed by atoms with Gasteiger partial charge in [-0.15, -0.1) is 0 Å². The Labute approximate surface area is 86.0 Å². The lowest BCUT2D eigenvalue weighted by molar-refractivity contribution is -0.122. The van der Waals surface area contributed by atoms with E-state index in [9.17, 15) is 4.79 Å². The Bertz CT molecular complexity index is 223. The second-order valence-electron chi connectivity index (χ2n) is 4.23. The van der Waals surface area contributed by atoms with Crippen molar-refractivity contribution >= 4 is 5.91 Å². The molecular weight excluding hydrogens is 176 g/mol. The van der Waals surface area contributed by atoms with Gasteiger partial charge in [0.25, 0.3) is 0 Å². The highest BCUT2D eigenvalue weighted by Gasteiger charge is 2.27. The summed E-state index contributed by atoms with van der Waals surface area (Å²) in [5, 5.41) is 0. The fraction of sp³-hybridized carbons (Fsp3) is 0.727. The van der Waals surface area contributed by atoms with Crippen LogP contribution in [-0.2, 0) is 4.79 Å². The minimum atomic E-state index is -0.180. The zero-order valence-corrected chi connectivity index (χ0v) is 9.07. The van der Waals surface area contributed by atoms with Gasteiger partial charge in [0.1, 0.15) is 0 Å². The second-order valence-corrected chi connectivity index (χ2v) is 4.23. The van der Waals surface area contributed by atoms with Gasteiger partial charge < -0.3 is 5.73 Å². The first-order valence-electron chi connectivity index (χ1n) is 5.31. The average Bonchev–Trinajstić information content (AvgIpc) is 2.51. The van der Waals surface area contributed by atoms with Crippen molar-refractivity contribution in [1.29, 1.82) is 0 Å². The standard InChI is InChI=1S/C11H20N2O/c1-9(2)5-3-7-13-8-4-6-10(13)11(12)14/h3,5,9-10H,4,6-8H2,1-2H3,(H2,12,14)/t10-/m0/s1. The SMILES string of the molecule is CC(C)C=CCN1CCC[C@H]1C(N)=O. The monoisotopic (exact) mass is 196 g/mol. The summed E-state index contributed by atoms with van der Waals surface area (Å²) in [5.74, 6) is 0.394. The van der Waals surface area contributed by atoms with Crippen molar-refractivity contribution in [2.24, 2.45) is 11.7 Å². The Morgan fingerprint density at radius 2 is 2.36 bits per heavy atom. The van der Waals surface area contributed by atoms with Crippen LogP contribution in [-0.4, -0.2) is 29.9 Å². The summed E-state index contributed by atoms with van der Waals surface area (Å²) in [5.41, 5.74) is 5.31. The predicted molar refractivity (Wildman–Crippen MR) is 57.8 cm³/mol. The number of hydrogen-bond donors (Lipinski definition) is 1. The van der Waals surface area contributed by atoms with Crippen LogP contribution in [0.5, 0.6) is 0 Å². The Morgan fingerprint density at radius 1 is 1.64 bits per heavy atom. The molecule has 0 unspecified atom stereocenters. The number of nitrogens with zero attached hydrogens (tertiary/aromatic N) is 1. The fourth-order valence-electron chi connectivity index (χ4n) is 1.84. The summed E-state index contributed by atoms with van der Waals surface area (Å²) in [6.07, 6.45) is 6.30. The molecule has 1 aliphatic rings. The molecule has 1 amide bonds. The van der Waals surface area contributed by atoms with Crippen LogP contribution in [0.3, 0.4) is 0 Å². The molecule has 0 aromatic rings. The summed E-state index contributed by atoms with van der Waals surface area (Å²) in [7, 11) is 0. The lowest BCUT2D eigenvalue weighted by Gasteiger charge is -2.19. The maximum absolute atomic E-state index is 11.1. The topological polar surface area (TPSA) is 46.3 Å². The highest BCUT2D eigenvalue weighted by molar-refractivity contribution is 5.80. The Kier molecular flexibility index (Phi) is 4.14. The maximum atomic E-state index is 11.1. The van der Waals surface area contributed by atoms with Crippen LogP contribution in [0.4, 0.5) is 0 Å². The quantitative estimate of drug-likeness (QED) is 0.686. The predicted octanol–water partition coefficient (Wildman–Crippen LogP) is 1.15. The molecule has 0 aromatic heterocycles. The largest absolute Gasteiger partial charge is 0.368 e. The lowest BCUT2D eigenvalue weighted by atomic mass is 10.2. The van der Waals surface area contributed by atoms with Gasteiger partial charge in [-0.2, -0.15) is 0 Å². The van der Waals surface area contributed by atoms with E-state index >= 15 is 0 Å². The number of carbonyl (C=O) groups excluding carboxylic acids is 1. The van der Waals surface area contributed by atoms with E-state index in [1.807, 2.05) is 0 Å². The van der Waals surface area contributed by atoms with Gasteiger partial charge in [-0.3, -0.25) is 9.69 Å². The van der Waals surface area contributed by atoms with Crippen LogP contribution in [0.25, 0.3) is 0 Å². The van der Waals surface area contributed by atoms with Crippen molar-refractivity contribution in [1.82, 2.24) is 4.90 Å². The Balaban J connectivity index is 2.40. The van der Waals surface area contributed by atoms with Crippen molar-refractivity contribution in [2.75, 3.05) is 13.1 Å². The smallest absolute Gasteiger partial charge is 0.234 e. The van der Waals surface area contributed by atoms with E-state index in [0.717, 1.165) is 25.9 Å². The molecule has 80 valence electrons. The molecule has 0 aliphatic carbocycles. The zero-order chi connectivity index (χ0) is 10.6. The molecule has 1 fully saturated rings. The van der Waals surface area contributed by atoms with Crippen molar-refractivity contribution in [2.45, 2.75) is 32.7 Å². The van der Waals surface area contributed by atoms with Gasteiger partial charge in [-0.05, 0) is 25.3 Å². The van der Waals surface area contributed by atoms with E-state index in [1.54, 1.807) is 0 Å². The van der Waals surface area contributed by atoms with E-state index < -0.39 is 0 Å². The average molecular weight is 196 g/mol. The third kappa shape index (κ3) is 3.14. The first-order chi connectivity index (χ1) is 6.61. The highest BCUT2D eigenvalue weighted by Crippen LogP contribution is 2.16. The van der Waals surface area contributed by atoms with Crippen LogP contribution in [0.1, 0.15) is 26.7 Å². The van der Waals surface area contributed by atoms with Crippen molar-refractivity contribution in [3.63, 3.8) is 0 Å². The maximum Gasteiger partial charge on any atom is 0.234 e. The molecule has 1 rings (SSSR count). The molecule has 0 aromatic carbocycles. The molecule has 0 saturated carbocycles. The minimum absolute atomic E-state index is 0.0354. The van der Waals surface area contributed by atoms with E-state index in [0.29, 0.717) is 5.92 Å². The number of hydrogen-bond acceptors (Lipinski definition) is 2. The molecule has 14 heavy (non-hydrogen) atoms. The molecule has 1 saturated heterocycles. The second kappa shape index (κ2) is 5.15. The number of amides is 1. The van der Waals surface area contributed by atoms with Crippen LogP contribution in [0, 0.1) is 5.92 Å². The lowest BCUT2D eigenvalue weighted by Crippen LogP contribution is -2.40. The van der Waals surface area contributed by atoms with Crippen molar-refractivity contribution in [3.8, 4) is 0 Å². The summed E-state index contributed by atoms with van der Waals surface area (Å²) >= 11 is 0. The number of allylic oxidation sites excluding steroid dienone is 1. The van der Waals surface area contributed by atoms with Gasteiger partial charge in [0.2, 0.25) is 5.91 Å². The first-order valence-corrected chi connectivity index (χ1v) is 5.31. The van der Waals surface area contributed by atoms with Crippen LogP contribution >= 0.6 is 0 Å². The molecule has 3 heteroatoms. The molecule has 1 atom stereocenters. The number of nitrogens with two attached hydrogens (primary N) is 1. The third-order valence-corrected chi connectivity index (χ3v) is 2.55. The molecule has 1 aliphatic heterocycles. The first kappa shape index (κ1) is 11.2. The molecule has 3 nitrogen and oxygen atoms in total. The number of likely N-dealkylation sites (tertiary alicyclic amines) is 1. The summed E-state index contributed by atoms with van der Waals surface area (Å²) < 4.78 is 0. The van der Waals surface area contributed by atoms with Crippen LogP contribution in [0.2, 0.25) is 0 Å². The third-order valence-electron chi connectivity index (χ3n) is 2.55. The molecule has 1 heterocycles. The van der Waals surface area contributed by atoms with Crippen LogP contribution < -0.4 is 5.73 Å². The molecular formula is C11H20N2O. The number of primary amides is 1. The van der Waals surface area contributed by atoms with Gasteiger partial charge >= 0.3 is 0 Å². The Morgan fingerprint density at radius 3 is 2.93 bits per heavy atom. The summed E-state index contributed by atoms with van der Waals surface area (Å²) in [6, 6.07) is -0.0354. The van der Waals surface area contributed by atoms with Gasteiger partial charge in [0, 0.05) is 6.54 Å². The zero-order valence-electron chi connectivity index (χ0n) is 9.07. The fourth-order valence-corrected chi connectivity index (χ4v) is 1.84. The summed E-state index contributed by atoms with van der Waals surface area (Å²) in [6.45, 7) is 6.14. The van der Waals surface area contributed by atoms with Gasteiger partial charge in [0.15, 0.2) is 0 Å². The number of rotatable bonds is 4. The molecule has 0 radical (unpaired) electrons. The summed E-state index contributed by atoms with van der Waals surface area (Å²) in [4.78, 5) is 13.2. The minimum Gasteiger partial charge on any atom is -0.368 e. The van der Waals surface area contributed by atoms with E-state index in [-0.39, 0.29) is 11.9 Å².